The Morgan fingerprint density at radius 3 is 2.86 bits per heavy atom. The summed E-state index contributed by atoms with van der Waals surface area (Å²) in [6, 6.07) is 9.70. The minimum atomic E-state index is 0.0493. The molecule has 3 heterocycles. The van der Waals surface area contributed by atoms with Crippen LogP contribution in [0.1, 0.15) is 24.8 Å². The highest BCUT2D eigenvalue weighted by Gasteiger charge is 2.18. The van der Waals surface area contributed by atoms with Crippen LogP contribution >= 0.6 is 11.3 Å². The fourth-order valence-corrected chi connectivity index (χ4v) is 3.67. The second-order valence-electron chi connectivity index (χ2n) is 6.37. The molecule has 146 valence electrons. The van der Waals surface area contributed by atoms with E-state index in [0.717, 1.165) is 21.9 Å². The minimum absolute atomic E-state index is 0.0493. The normalized spacial score (nSPS) is 12.8. The quantitative estimate of drug-likeness (QED) is 0.605. The van der Waals surface area contributed by atoms with Gasteiger partial charge in [-0.1, -0.05) is 17.3 Å². The lowest BCUT2D eigenvalue weighted by atomic mass is 10.1. The molecule has 4 rings (SSSR count). The Morgan fingerprint density at radius 1 is 1.21 bits per heavy atom. The SMILES string of the molecule is CCN(Cc1nc(-c2cccs2)no1)C(=O)CCc1ccc2c(c1)OCCO2. The number of rotatable bonds is 7. The first-order chi connectivity index (χ1) is 13.7. The van der Waals surface area contributed by atoms with Crippen LogP contribution in [0.5, 0.6) is 11.5 Å². The van der Waals surface area contributed by atoms with Gasteiger partial charge in [-0.05, 0) is 42.5 Å². The lowest BCUT2D eigenvalue weighted by molar-refractivity contribution is -0.131. The number of ether oxygens (including phenoxy) is 2. The third kappa shape index (κ3) is 4.17. The molecule has 2 aromatic heterocycles. The molecule has 3 aromatic rings. The number of hydrogen-bond donors (Lipinski definition) is 0. The van der Waals surface area contributed by atoms with E-state index in [1.54, 1.807) is 16.2 Å². The summed E-state index contributed by atoms with van der Waals surface area (Å²) in [6.45, 7) is 3.96. The molecule has 0 spiro atoms. The molecule has 0 radical (unpaired) electrons. The minimum Gasteiger partial charge on any atom is -0.486 e. The van der Waals surface area contributed by atoms with Crippen LogP contribution in [0.25, 0.3) is 10.7 Å². The van der Waals surface area contributed by atoms with Gasteiger partial charge in [0.25, 0.3) is 0 Å². The van der Waals surface area contributed by atoms with E-state index in [0.29, 0.717) is 50.9 Å². The molecule has 1 amide bonds. The van der Waals surface area contributed by atoms with Crippen molar-refractivity contribution in [3.05, 3.63) is 47.2 Å². The zero-order valence-corrected chi connectivity index (χ0v) is 16.4. The molecule has 8 heteroatoms. The zero-order valence-electron chi connectivity index (χ0n) is 15.6. The number of fused-ring (bicyclic) bond motifs is 1. The van der Waals surface area contributed by atoms with Crippen molar-refractivity contribution in [3.8, 4) is 22.2 Å². The summed E-state index contributed by atoms with van der Waals surface area (Å²) in [5.41, 5.74) is 1.05. The molecule has 1 aliphatic heterocycles. The Bertz CT molecular complexity index is 939. The van der Waals surface area contributed by atoms with Crippen LogP contribution in [0.4, 0.5) is 0 Å². The first-order valence-electron chi connectivity index (χ1n) is 9.25. The Labute approximate surface area is 166 Å². The van der Waals surface area contributed by atoms with Crippen molar-refractivity contribution in [2.75, 3.05) is 19.8 Å². The second-order valence-corrected chi connectivity index (χ2v) is 7.32. The highest BCUT2D eigenvalue weighted by atomic mass is 32.1. The molecule has 0 unspecified atom stereocenters. The number of benzene rings is 1. The largest absolute Gasteiger partial charge is 0.486 e. The van der Waals surface area contributed by atoms with Gasteiger partial charge in [-0.15, -0.1) is 11.3 Å². The molecule has 0 saturated heterocycles. The summed E-state index contributed by atoms with van der Waals surface area (Å²) in [5, 5.41) is 5.96. The molecular formula is C20H21N3O4S. The van der Waals surface area contributed by atoms with Gasteiger partial charge < -0.3 is 18.9 Å². The van der Waals surface area contributed by atoms with E-state index in [-0.39, 0.29) is 5.91 Å². The predicted molar refractivity (Wildman–Crippen MR) is 104 cm³/mol. The fraction of sp³-hybridized carbons (Fsp3) is 0.350. The average Bonchev–Trinajstić information content (AvgIpc) is 3.41. The number of aromatic nitrogens is 2. The summed E-state index contributed by atoms with van der Waals surface area (Å²) in [7, 11) is 0. The van der Waals surface area contributed by atoms with Crippen LogP contribution in [0.15, 0.2) is 40.2 Å². The third-order valence-electron chi connectivity index (χ3n) is 4.50. The maximum atomic E-state index is 12.7. The van der Waals surface area contributed by atoms with Gasteiger partial charge in [-0.25, -0.2) is 0 Å². The van der Waals surface area contributed by atoms with E-state index in [9.17, 15) is 4.79 Å². The molecule has 0 fully saturated rings. The summed E-state index contributed by atoms with van der Waals surface area (Å²) >= 11 is 1.55. The summed E-state index contributed by atoms with van der Waals surface area (Å²) in [5.74, 6) is 2.56. The zero-order chi connectivity index (χ0) is 19.3. The van der Waals surface area contributed by atoms with Gasteiger partial charge in [0.05, 0.1) is 11.4 Å². The highest BCUT2D eigenvalue weighted by molar-refractivity contribution is 7.13. The predicted octanol–water partition coefficient (Wildman–Crippen LogP) is 3.55. The number of amides is 1. The summed E-state index contributed by atoms with van der Waals surface area (Å²) in [6.07, 6.45) is 1.04. The number of thiophene rings is 1. The monoisotopic (exact) mass is 399 g/mol. The lowest BCUT2D eigenvalue weighted by Crippen LogP contribution is -2.30. The van der Waals surface area contributed by atoms with Gasteiger partial charge in [0, 0.05) is 13.0 Å². The summed E-state index contributed by atoms with van der Waals surface area (Å²) in [4.78, 5) is 19.7. The Morgan fingerprint density at radius 2 is 2.07 bits per heavy atom. The number of aryl methyl sites for hydroxylation is 1. The lowest BCUT2D eigenvalue weighted by Gasteiger charge is -2.20. The van der Waals surface area contributed by atoms with Gasteiger partial charge in [0.2, 0.25) is 17.6 Å². The van der Waals surface area contributed by atoms with Crippen LogP contribution in [0, 0.1) is 0 Å². The molecule has 1 aromatic carbocycles. The first-order valence-corrected chi connectivity index (χ1v) is 10.1. The van der Waals surface area contributed by atoms with E-state index in [2.05, 4.69) is 10.1 Å². The van der Waals surface area contributed by atoms with Gasteiger partial charge in [-0.3, -0.25) is 4.79 Å². The Balaban J connectivity index is 1.35. The van der Waals surface area contributed by atoms with Crippen molar-refractivity contribution in [3.63, 3.8) is 0 Å². The Hall–Kier alpha value is -2.87. The van der Waals surface area contributed by atoms with E-state index in [1.807, 2.05) is 42.6 Å². The van der Waals surface area contributed by atoms with Gasteiger partial charge in [0.15, 0.2) is 11.5 Å². The third-order valence-corrected chi connectivity index (χ3v) is 5.37. The molecule has 28 heavy (non-hydrogen) atoms. The average molecular weight is 399 g/mol. The van der Waals surface area contributed by atoms with Crippen LogP contribution in [0.2, 0.25) is 0 Å². The fourth-order valence-electron chi connectivity index (χ4n) is 3.02. The van der Waals surface area contributed by atoms with Crippen molar-refractivity contribution in [2.45, 2.75) is 26.3 Å². The highest BCUT2D eigenvalue weighted by Crippen LogP contribution is 2.31. The number of carbonyl (C=O) groups is 1. The van der Waals surface area contributed by atoms with E-state index in [4.69, 9.17) is 14.0 Å². The van der Waals surface area contributed by atoms with E-state index < -0.39 is 0 Å². The van der Waals surface area contributed by atoms with Crippen LogP contribution in [-0.4, -0.2) is 40.7 Å². The number of hydrogen-bond acceptors (Lipinski definition) is 7. The maximum Gasteiger partial charge on any atom is 0.246 e. The first kappa shape index (κ1) is 18.5. The molecule has 0 N–H and O–H groups in total. The molecule has 0 aliphatic carbocycles. The maximum absolute atomic E-state index is 12.7. The van der Waals surface area contributed by atoms with Crippen molar-refractivity contribution in [2.24, 2.45) is 0 Å². The molecule has 0 bridgehead atoms. The number of carbonyl (C=O) groups excluding carboxylic acids is 1. The van der Waals surface area contributed by atoms with Gasteiger partial charge in [0.1, 0.15) is 13.2 Å². The van der Waals surface area contributed by atoms with Crippen LogP contribution in [0.3, 0.4) is 0 Å². The van der Waals surface area contributed by atoms with E-state index >= 15 is 0 Å². The van der Waals surface area contributed by atoms with Gasteiger partial charge in [-0.2, -0.15) is 4.98 Å². The van der Waals surface area contributed by atoms with Crippen LogP contribution in [-0.2, 0) is 17.8 Å². The van der Waals surface area contributed by atoms with Crippen molar-refractivity contribution < 1.29 is 18.8 Å². The molecule has 0 atom stereocenters. The molecular weight excluding hydrogens is 378 g/mol. The van der Waals surface area contributed by atoms with E-state index in [1.165, 1.54) is 0 Å². The topological polar surface area (TPSA) is 77.7 Å². The van der Waals surface area contributed by atoms with Crippen LogP contribution < -0.4 is 9.47 Å². The molecule has 0 saturated carbocycles. The van der Waals surface area contributed by atoms with Crippen molar-refractivity contribution in [1.82, 2.24) is 15.0 Å². The molecule has 7 nitrogen and oxygen atoms in total. The van der Waals surface area contributed by atoms with Crippen molar-refractivity contribution in [1.29, 1.82) is 0 Å². The second kappa shape index (κ2) is 8.43. The van der Waals surface area contributed by atoms with Crippen molar-refractivity contribution >= 4 is 17.2 Å². The smallest absolute Gasteiger partial charge is 0.246 e. The summed E-state index contributed by atoms with van der Waals surface area (Å²) < 4.78 is 16.5. The number of nitrogens with zero attached hydrogens (tertiary/aromatic N) is 3. The Kier molecular flexibility index (Phi) is 5.57. The van der Waals surface area contributed by atoms with Gasteiger partial charge >= 0.3 is 0 Å². The standard InChI is InChI=1S/C20H21N3O4S/c1-2-23(13-18-21-20(22-27-18)17-4-3-11-28-17)19(24)8-6-14-5-7-15-16(12-14)26-10-9-25-15/h3-5,7,11-12H,2,6,8-10,13H2,1H3. The molecule has 1 aliphatic rings.